The first-order valence-electron chi connectivity index (χ1n) is 12.8. The highest BCUT2D eigenvalue weighted by Crippen LogP contribution is 2.27. The lowest BCUT2D eigenvalue weighted by atomic mass is 10.1. The molecule has 31 heavy (non-hydrogen) atoms. The highest BCUT2D eigenvalue weighted by Gasteiger charge is 2.11. The van der Waals surface area contributed by atoms with Crippen LogP contribution in [0.3, 0.4) is 0 Å². The number of amides is 2. The van der Waals surface area contributed by atoms with Gasteiger partial charge in [0.25, 0.3) is 0 Å². The Kier molecular flexibility index (Phi) is 17.3. The molecule has 0 saturated carbocycles. The van der Waals surface area contributed by atoms with Gasteiger partial charge in [-0.25, -0.2) is 0 Å². The van der Waals surface area contributed by atoms with Crippen LogP contribution in [0.1, 0.15) is 129 Å². The first-order chi connectivity index (χ1) is 15.2. The van der Waals surface area contributed by atoms with Crippen LogP contribution in [0.15, 0.2) is 10.8 Å². The van der Waals surface area contributed by atoms with E-state index in [2.05, 4.69) is 24.5 Å². The normalized spacial score (nSPS) is 10.9. The third-order valence-electron chi connectivity index (χ3n) is 5.72. The Labute approximate surface area is 195 Å². The molecule has 0 atom stereocenters. The Bertz CT molecular complexity index is 537. The summed E-state index contributed by atoms with van der Waals surface area (Å²) in [6.07, 6.45) is 20.7. The number of hydrogen-bond donors (Lipinski definition) is 2. The van der Waals surface area contributed by atoms with Gasteiger partial charge in [0, 0.05) is 23.6 Å². The van der Waals surface area contributed by atoms with Crippen LogP contribution in [-0.2, 0) is 9.59 Å². The average Bonchev–Trinajstić information content (AvgIpc) is 3.18. The maximum atomic E-state index is 12.2. The Morgan fingerprint density at radius 1 is 0.581 bits per heavy atom. The number of carbonyl (C=O) groups excluding carboxylic acids is 2. The van der Waals surface area contributed by atoms with Gasteiger partial charge in [-0.05, 0) is 12.8 Å². The van der Waals surface area contributed by atoms with Crippen LogP contribution >= 0.6 is 11.3 Å². The third-order valence-corrected chi connectivity index (χ3v) is 6.47. The monoisotopic (exact) mass is 450 g/mol. The summed E-state index contributed by atoms with van der Waals surface area (Å²) in [6.45, 7) is 4.47. The molecule has 0 aliphatic heterocycles. The van der Waals surface area contributed by atoms with E-state index in [0.717, 1.165) is 37.1 Å². The van der Waals surface area contributed by atoms with Crippen molar-refractivity contribution in [1.82, 2.24) is 0 Å². The van der Waals surface area contributed by atoms with Crippen molar-refractivity contribution >= 4 is 34.5 Å². The number of carbonyl (C=O) groups is 2. The smallest absolute Gasteiger partial charge is 0.224 e. The van der Waals surface area contributed by atoms with Gasteiger partial charge in [0.2, 0.25) is 11.8 Å². The number of hydrogen-bond acceptors (Lipinski definition) is 3. The van der Waals surface area contributed by atoms with Crippen LogP contribution in [0.4, 0.5) is 11.4 Å². The van der Waals surface area contributed by atoms with Gasteiger partial charge in [-0.15, -0.1) is 11.3 Å². The van der Waals surface area contributed by atoms with E-state index in [9.17, 15) is 9.59 Å². The topological polar surface area (TPSA) is 58.2 Å². The van der Waals surface area contributed by atoms with E-state index in [4.69, 9.17) is 0 Å². The van der Waals surface area contributed by atoms with Crippen molar-refractivity contribution in [1.29, 1.82) is 0 Å². The number of unbranched alkanes of at least 4 members (excludes halogenated alkanes) is 14. The van der Waals surface area contributed by atoms with Crippen molar-refractivity contribution in [2.45, 2.75) is 129 Å². The standard InChI is InChI=1S/C26H46N2O2S/c1-3-5-7-9-11-13-15-17-19-25(29)27-23-21-31-22-24(23)28-26(30)20-18-16-14-12-10-8-6-4-2/h21-22H,3-20H2,1-2H3,(H,27,29)(H,28,30). The molecule has 0 radical (unpaired) electrons. The first-order valence-corrected chi connectivity index (χ1v) is 13.8. The fourth-order valence-corrected chi connectivity index (χ4v) is 4.47. The van der Waals surface area contributed by atoms with Crippen molar-refractivity contribution < 1.29 is 9.59 Å². The highest BCUT2D eigenvalue weighted by atomic mass is 32.1. The summed E-state index contributed by atoms with van der Waals surface area (Å²) in [5, 5.41) is 9.75. The molecule has 2 amide bonds. The summed E-state index contributed by atoms with van der Waals surface area (Å²) in [5.41, 5.74) is 1.47. The molecule has 0 saturated heterocycles. The maximum Gasteiger partial charge on any atom is 0.224 e. The van der Waals surface area contributed by atoms with Gasteiger partial charge in [-0.1, -0.05) is 104 Å². The lowest BCUT2D eigenvalue weighted by molar-refractivity contribution is -0.117. The zero-order valence-electron chi connectivity index (χ0n) is 20.1. The minimum absolute atomic E-state index is 0.0444. The van der Waals surface area contributed by atoms with Crippen LogP contribution < -0.4 is 10.6 Å². The zero-order valence-corrected chi connectivity index (χ0v) is 20.9. The van der Waals surface area contributed by atoms with E-state index in [0.29, 0.717) is 12.8 Å². The Hall–Kier alpha value is -1.36. The van der Waals surface area contributed by atoms with Gasteiger partial charge in [-0.2, -0.15) is 0 Å². The molecule has 0 unspecified atom stereocenters. The predicted octanol–water partition coefficient (Wildman–Crippen LogP) is 8.69. The summed E-state index contributed by atoms with van der Waals surface area (Å²) in [4.78, 5) is 24.5. The first kappa shape index (κ1) is 27.7. The van der Waals surface area contributed by atoms with Gasteiger partial charge < -0.3 is 10.6 Å². The Balaban J connectivity index is 2.13. The van der Waals surface area contributed by atoms with Crippen molar-refractivity contribution in [3.8, 4) is 0 Å². The van der Waals surface area contributed by atoms with E-state index >= 15 is 0 Å². The molecule has 0 aliphatic rings. The third kappa shape index (κ3) is 15.1. The molecule has 2 N–H and O–H groups in total. The van der Waals surface area contributed by atoms with Gasteiger partial charge in [-0.3, -0.25) is 9.59 Å². The molecule has 0 aromatic carbocycles. The fraction of sp³-hybridized carbons (Fsp3) is 0.769. The second kappa shape index (κ2) is 19.3. The number of nitrogens with one attached hydrogen (secondary N) is 2. The second-order valence-corrected chi connectivity index (χ2v) is 9.49. The van der Waals surface area contributed by atoms with Crippen molar-refractivity contribution in [2.24, 2.45) is 0 Å². The molecule has 0 fully saturated rings. The summed E-state index contributed by atoms with van der Waals surface area (Å²) < 4.78 is 0. The highest BCUT2D eigenvalue weighted by molar-refractivity contribution is 7.09. The summed E-state index contributed by atoms with van der Waals surface area (Å²) >= 11 is 1.50. The Morgan fingerprint density at radius 3 is 1.26 bits per heavy atom. The van der Waals surface area contributed by atoms with E-state index in [-0.39, 0.29) is 11.8 Å². The fourth-order valence-electron chi connectivity index (χ4n) is 3.75. The summed E-state index contributed by atoms with van der Waals surface area (Å²) in [7, 11) is 0. The Morgan fingerprint density at radius 2 is 0.903 bits per heavy atom. The summed E-state index contributed by atoms with van der Waals surface area (Å²) in [5.74, 6) is 0.0888. The quantitative estimate of drug-likeness (QED) is 0.195. The van der Waals surface area contributed by atoms with Gasteiger partial charge in [0.05, 0.1) is 11.4 Å². The number of thiophene rings is 1. The van der Waals surface area contributed by atoms with E-state index in [1.54, 1.807) is 0 Å². The van der Waals surface area contributed by atoms with Crippen LogP contribution in [0.25, 0.3) is 0 Å². The van der Waals surface area contributed by atoms with E-state index in [1.807, 2.05) is 10.8 Å². The van der Waals surface area contributed by atoms with Crippen molar-refractivity contribution in [2.75, 3.05) is 10.6 Å². The molecule has 178 valence electrons. The maximum absolute atomic E-state index is 12.2. The molecule has 5 heteroatoms. The summed E-state index contributed by atoms with van der Waals surface area (Å²) in [6, 6.07) is 0. The molecular formula is C26H46N2O2S. The molecular weight excluding hydrogens is 404 g/mol. The molecule has 1 rings (SSSR count). The van der Waals surface area contributed by atoms with Crippen molar-refractivity contribution in [3.63, 3.8) is 0 Å². The van der Waals surface area contributed by atoms with Crippen LogP contribution in [-0.4, -0.2) is 11.8 Å². The van der Waals surface area contributed by atoms with Gasteiger partial charge >= 0.3 is 0 Å². The number of rotatable bonds is 20. The lowest BCUT2D eigenvalue weighted by Gasteiger charge is -2.09. The van der Waals surface area contributed by atoms with Gasteiger partial charge in [0.1, 0.15) is 0 Å². The zero-order chi connectivity index (χ0) is 22.6. The molecule has 4 nitrogen and oxygen atoms in total. The van der Waals surface area contributed by atoms with E-state index < -0.39 is 0 Å². The SMILES string of the molecule is CCCCCCCCCCC(=O)Nc1cscc1NC(=O)CCCCCCCCCC. The van der Waals surface area contributed by atoms with Gasteiger partial charge in [0.15, 0.2) is 0 Å². The number of anilines is 2. The van der Waals surface area contributed by atoms with Crippen LogP contribution in [0.5, 0.6) is 0 Å². The molecule has 0 spiro atoms. The van der Waals surface area contributed by atoms with E-state index in [1.165, 1.54) is 88.4 Å². The average molecular weight is 451 g/mol. The molecule has 1 aromatic heterocycles. The second-order valence-electron chi connectivity index (χ2n) is 8.75. The molecule has 1 aromatic rings. The van der Waals surface area contributed by atoms with Crippen molar-refractivity contribution in [3.05, 3.63) is 10.8 Å². The minimum Gasteiger partial charge on any atom is -0.324 e. The van der Waals surface area contributed by atoms with Crippen LogP contribution in [0.2, 0.25) is 0 Å². The van der Waals surface area contributed by atoms with Crippen LogP contribution in [0, 0.1) is 0 Å². The molecule has 0 bridgehead atoms. The lowest BCUT2D eigenvalue weighted by Crippen LogP contribution is -2.15. The predicted molar refractivity (Wildman–Crippen MR) is 136 cm³/mol. The molecule has 0 aliphatic carbocycles. The molecule has 1 heterocycles. The minimum atomic E-state index is 0.0444. The largest absolute Gasteiger partial charge is 0.324 e.